The van der Waals surface area contributed by atoms with Crippen molar-refractivity contribution in [1.29, 1.82) is 0 Å². The summed E-state index contributed by atoms with van der Waals surface area (Å²) in [7, 11) is 1.80. The molecule has 1 saturated carbocycles. The Morgan fingerprint density at radius 2 is 2.40 bits per heavy atom. The van der Waals surface area contributed by atoms with Gasteiger partial charge in [-0.15, -0.1) is 0 Å². The Hall–Kier alpha value is -0.800. The number of rotatable bonds is 4. The minimum Gasteiger partial charge on any atom is -0.381 e. The Morgan fingerprint density at radius 3 is 2.93 bits per heavy atom. The van der Waals surface area contributed by atoms with E-state index in [0.717, 1.165) is 13.0 Å². The average molecular weight is 208 g/mol. The van der Waals surface area contributed by atoms with Gasteiger partial charge in [0.25, 0.3) is 0 Å². The lowest BCUT2D eigenvalue weighted by atomic mass is 9.64. The number of methoxy groups -OCH3 is 1. The Kier molecular flexibility index (Phi) is 2.85. The third-order valence-corrected chi connectivity index (χ3v) is 3.68. The zero-order chi connectivity index (χ0) is 10.9. The van der Waals surface area contributed by atoms with Crippen LogP contribution in [0.1, 0.15) is 25.8 Å². The summed E-state index contributed by atoms with van der Waals surface area (Å²) < 4.78 is 5.42. The highest BCUT2D eigenvalue weighted by molar-refractivity contribution is 5.10. The van der Waals surface area contributed by atoms with Gasteiger partial charge in [0, 0.05) is 37.5 Å². The molecular weight excluding hydrogens is 188 g/mol. The first kappa shape index (κ1) is 10.7. The first-order valence-corrected chi connectivity index (χ1v) is 5.52. The lowest BCUT2D eigenvalue weighted by molar-refractivity contribution is -0.0979. The SMILES string of the molecule is COC1CC(NCc2cc[nH]c2)C1(C)C. The van der Waals surface area contributed by atoms with Crippen LogP contribution in [0.25, 0.3) is 0 Å². The van der Waals surface area contributed by atoms with Crippen LogP contribution in [-0.2, 0) is 11.3 Å². The molecule has 1 fully saturated rings. The van der Waals surface area contributed by atoms with Gasteiger partial charge < -0.3 is 15.0 Å². The van der Waals surface area contributed by atoms with Crippen molar-refractivity contribution in [3.05, 3.63) is 24.0 Å². The van der Waals surface area contributed by atoms with Crippen molar-refractivity contribution in [3.63, 3.8) is 0 Å². The highest BCUT2D eigenvalue weighted by Gasteiger charge is 2.48. The molecule has 1 heterocycles. The van der Waals surface area contributed by atoms with Crippen molar-refractivity contribution in [2.75, 3.05) is 7.11 Å². The van der Waals surface area contributed by atoms with Crippen molar-refractivity contribution in [2.24, 2.45) is 5.41 Å². The number of nitrogens with one attached hydrogen (secondary N) is 2. The van der Waals surface area contributed by atoms with E-state index in [0.29, 0.717) is 12.1 Å². The molecule has 3 nitrogen and oxygen atoms in total. The number of aromatic nitrogens is 1. The normalized spacial score (nSPS) is 28.7. The molecule has 0 aliphatic heterocycles. The zero-order valence-electron chi connectivity index (χ0n) is 9.71. The van der Waals surface area contributed by atoms with Crippen LogP contribution in [0.15, 0.2) is 18.5 Å². The summed E-state index contributed by atoms with van der Waals surface area (Å²) in [5.74, 6) is 0. The van der Waals surface area contributed by atoms with Gasteiger partial charge in [0.05, 0.1) is 6.10 Å². The van der Waals surface area contributed by atoms with E-state index < -0.39 is 0 Å². The molecule has 0 bridgehead atoms. The van der Waals surface area contributed by atoms with Crippen molar-refractivity contribution in [2.45, 2.75) is 39.0 Å². The molecule has 3 heteroatoms. The van der Waals surface area contributed by atoms with Crippen LogP contribution in [0.3, 0.4) is 0 Å². The molecule has 1 aromatic heterocycles. The fourth-order valence-electron chi connectivity index (χ4n) is 2.34. The highest BCUT2D eigenvalue weighted by atomic mass is 16.5. The Bertz CT molecular complexity index is 305. The van der Waals surface area contributed by atoms with Crippen LogP contribution in [0, 0.1) is 5.41 Å². The van der Waals surface area contributed by atoms with Gasteiger partial charge in [0.2, 0.25) is 0 Å². The summed E-state index contributed by atoms with van der Waals surface area (Å²) in [4.78, 5) is 3.07. The minimum atomic E-state index is 0.255. The predicted octanol–water partition coefficient (Wildman–Crippen LogP) is 1.92. The van der Waals surface area contributed by atoms with Gasteiger partial charge in [-0.1, -0.05) is 13.8 Å². The molecule has 1 aromatic rings. The molecular formula is C12H20N2O. The Labute approximate surface area is 91.2 Å². The Balaban J connectivity index is 1.83. The molecule has 0 saturated heterocycles. The fourth-order valence-corrected chi connectivity index (χ4v) is 2.34. The Morgan fingerprint density at radius 1 is 1.60 bits per heavy atom. The van der Waals surface area contributed by atoms with Crippen LogP contribution in [0.4, 0.5) is 0 Å². The number of H-pyrrole nitrogens is 1. The maximum Gasteiger partial charge on any atom is 0.0652 e. The molecule has 0 radical (unpaired) electrons. The molecule has 0 amide bonds. The standard InChI is InChI=1S/C12H20N2O/c1-12(2)10(6-11(12)15-3)14-8-9-4-5-13-7-9/h4-5,7,10-11,13-14H,6,8H2,1-3H3. The molecule has 2 rings (SSSR count). The van der Waals surface area contributed by atoms with E-state index in [9.17, 15) is 0 Å². The topological polar surface area (TPSA) is 37.0 Å². The number of hydrogen-bond donors (Lipinski definition) is 2. The summed E-state index contributed by atoms with van der Waals surface area (Å²) in [5.41, 5.74) is 1.57. The third kappa shape index (κ3) is 1.94. The molecule has 84 valence electrons. The molecule has 2 N–H and O–H groups in total. The van der Waals surface area contributed by atoms with E-state index in [1.807, 2.05) is 12.4 Å². The van der Waals surface area contributed by atoms with Gasteiger partial charge in [-0.25, -0.2) is 0 Å². The van der Waals surface area contributed by atoms with E-state index in [1.165, 1.54) is 5.56 Å². The van der Waals surface area contributed by atoms with Gasteiger partial charge in [-0.3, -0.25) is 0 Å². The van der Waals surface area contributed by atoms with E-state index >= 15 is 0 Å². The zero-order valence-corrected chi connectivity index (χ0v) is 9.71. The maximum absolute atomic E-state index is 5.42. The van der Waals surface area contributed by atoms with Crippen molar-refractivity contribution >= 4 is 0 Å². The number of hydrogen-bond acceptors (Lipinski definition) is 2. The summed E-state index contributed by atoms with van der Waals surface area (Å²) in [6, 6.07) is 2.67. The summed E-state index contributed by atoms with van der Waals surface area (Å²) in [6.07, 6.45) is 5.52. The first-order chi connectivity index (χ1) is 7.14. The third-order valence-electron chi connectivity index (χ3n) is 3.68. The smallest absolute Gasteiger partial charge is 0.0652 e. The summed E-state index contributed by atoms with van der Waals surface area (Å²) >= 11 is 0. The van der Waals surface area contributed by atoms with E-state index in [4.69, 9.17) is 4.74 Å². The van der Waals surface area contributed by atoms with Crippen LogP contribution in [0.2, 0.25) is 0 Å². The van der Waals surface area contributed by atoms with E-state index in [-0.39, 0.29) is 5.41 Å². The van der Waals surface area contributed by atoms with Crippen LogP contribution in [0.5, 0.6) is 0 Å². The van der Waals surface area contributed by atoms with Crippen molar-refractivity contribution in [1.82, 2.24) is 10.3 Å². The van der Waals surface area contributed by atoms with Gasteiger partial charge >= 0.3 is 0 Å². The molecule has 15 heavy (non-hydrogen) atoms. The van der Waals surface area contributed by atoms with E-state index in [2.05, 4.69) is 30.2 Å². The second kappa shape index (κ2) is 3.99. The van der Waals surface area contributed by atoms with Crippen molar-refractivity contribution < 1.29 is 4.74 Å². The maximum atomic E-state index is 5.42. The average Bonchev–Trinajstić information content (AvgIpc) is 2.69. The second-order valence-corrected chi connectivity index (χ2v) is 4.93. The molecule has 2 unspecified atom stereocenters. The van der Waals surface area contributed by atoms with Crippen LogP contribution < -0.4 is 5.32 Å². The van der Waals surface area contributed by atoms with Gasteiger partial charge in [0.1, 0.15) is 0 Å². The molecule has 0 spiro atoms. The second-order valence-electron chi connectivity index (χ2n) is 4.93. The van der Waals surface area contributed by atoms with Crippen molar-refractivity contribution in [3.8, 4) is 0 Å². The van der Waals surface area contributed by atoms with E-state index in [1.54, 1.807) is 7.11 Å². The predicted molar refractivity (Wildman–Crippen MR) is 60.6 cm³/mol. The highest BCUT2D eigenvalue weighted by Crippen LogP contribution is 2.42. The minimum absolute atomic E-state index is 0.255. The fraction of sp³-hybridized carbons (Fsp3) is 0.667. The molecule has 1 aliphatic rings. The lowest BCUT2D eigenvalue weighted by Gasteiger charge is -2.51. The first-order valence-electron chi connectivity index (χ1n) is 5.52. The van der Waals surface area contributed by atoms with Gasteiger partial charge in [-0.2, -0.15) is 0 Å². The van der Waals surface area contributed by atoms with Crippen LogP contribution >= 0.6 is 0 Å². The number of ether oxygens (including phenoxy) is 1. The summed E-state index contributed by atoms with van der Waals surface area (Å²) in [6.45, 7) is 5.47. The number of aromatic amines is 1. The molecule has 1 aliphatic carbocycles. The quantitative estimate of drug-likeness (QED) is 0.793. The van der Waals surface area contributed by atoms with Gasteiger partial charge in [-0.05, 0) is 18.1 Å². The largest absolute Gasteiger partial charge is 0.381 e. The monoisotopic (exact) mass is 208 g/mol. The lowest BCUT2D eigenvalue weighted by Crippen LogP contribution is -2.60. The van der Waals surface area contributed by atoms with Gasteiger partial charge in [0.15, 0.2) is 0 Å². The van der Waals surface area contributed by atoms with Crippen LogP contribution in [-0.4, -0.2) is 24.2 Å². The molecule has 2 atom stereocenters. The summed E-state index contributed by atoms with van der Waals surface area (Å²) in [5, 5.41) is 3.58. The molecule has 0 aromatic carbocycles.